The fourth-order valence-corrected chi connectivity index (χ4v) is 3.55. The van der Waals surface area contributed by atoms with E-state index in [1.165, 1.54) is 11.1 Å². The van der Waals surface area contributed by atoms with Crippen molar-refractivity contribution in [3.8, 4) is 11.5 Å². The molecule has 0 aliphatic carbocycles. The molecular weight excluding hydrogens is 374 g/mol. The van der Waals surface area contributed by atoms with Gasteiger partial charge in [0.25, 0.3) is 0 Å². The highest BCUT2D eigenvalue weighted by Gasteiger charge is 2.18. The third-order valence-corrected chi connectivity index (χ3v) is 5.09. The average Bonchev–Trinajstić information content (AvgIpc) is 2.81. The molecule has 0 saturated heterocycles. The lowest BCUT2D eigenvalue weighted by Crippen LogP contribution is -2.31. The minimum atomic E-state index is 0.475. The first-order valence-electron chi connectivity index (χ1n) is 9.95. The molecule has 0 spiro atoms. The van der Waals surface area contributed by atoms with Crippen LogP contribution in [-0.4, -0.2) is 21.7 Å². The number of ether oxygens (including phenoxy) is 1. The Morgan fingerprint density at radius 3 is 2.37 bits per heavy atom. The second-order valence-electron chi connectivity index (χ2n) is 7.14. The van der Waals surface area contributed by atoms with Crippen LogP contribution in [-0.2, 0) is 13.0 Å². The summed E-state index contributed by atoms with van der Waals surface area (Å²) in [7, 11) is 0. The Balaban J connectivity index is 1.27. The summed E-state index contributed by atoms with van der Waals surface area (Å²) in [6.07, 6.45) is 2.72. The standard InChI is InChI=1S/C24H21N5O/c1-2-8-21(9-3-1)30-22-12-10-20(11-13-22)26-24-27-23(16-25-28-24)29-15-14-18-6-4-5-7-19(18)17-29/h1-13,16H,14-15,17H2,(H,26,27,28). The molecule has 1 aliphatic heterocycles. The van der Waals surface area contributed by atoms with Gasteiger partial charge in [-0.05, 0) is 53.9 Å². The Kier molecular flexibility index (Phi) is 4.96. The molecule has 4 aromatic rings. The lowest BCUT2D eigenvalue weighted by atomic mass is 10.0. The summed E-state index contributed by atoms with van der Waals surface area (Å²) in [5.74, 6) is 2.88. The predicted octanol–water partition coefficient (Wildman–Crippen LogP) is 4.97. The third-order valence-electron chi connectivity index (χ3n) is 5.09. The number of rotatable bonds is 5. The van der Waals surface area contributed by atoms with Gasteiger partial charge in [-0.2, -0.15) is 10.1 Å². The van der Waals surface area contributed by atoms with Gasteiger partial charge in [0, 0.05) is 18.8 Å². The second kappa shape index (κ2) is 8.21. The van der Waals surface area contributed by atoms with Crippen LogP contribution in [0.5, 0.6) is 11.5 Å². The molecule has 0 saturated carbocycles. The Hall–Kier alpha value is -3.93. The predicted molar refractivity (Wildman–Crippen MR) is 117 cm³/mol. The SMILES string of the molecule is c1ccc(Oc2ccc(Nc3nncc(N4CCc5ccccc5C4)n3)cc2)cc1. The molecule has 0 unspecified atom stereocenters. The Morgan fingerprint density at radius 1 is 0.800 bits per heavy atom. The lowest BCUT2D eigenvalue weighted by molar-refractivity contribution is 0.483. The summed E-state index contributed by atoms with van der Waals surface area (Å²) >= 11 is 0. The number of fused-ring (bicyclic) bond motifs is 1. The van der Waals surface area contributed by atoms with Crippen LogP contribution in [0.1, 0.15) is 11.1 Å². The van der Waals surface area contributed by atoms with Crippen molar-refractivity contribution in [2.75, 3.05) is 16.8 Å². The quantitative estimate of drug-likeness (QED) is 0.515. The average molecular weight is 395 g/mol. The highest BCUT2D eigenvalue weighted by molar-refractivity contribution is 5.56. The molecule has 30 heavy (non-hydrogen) atoms. The van der Waals surface area contributed by atoms with Crippen molar-refractivity contribution in [3.63, 3.8) is 0 Å². The Morgan fingerprint density at radius 2 is 1.53 bits per heavy atom. The smallest absolute Gasteiger partial charge is 0.249 e. The lowest BCUT2D eigenvalue weighted by Gasteiger charge is -2.29. The molecule has 3 aromatic carbocycles. The molecular formula is C24H21N5O. The fraction of sp³-hybridized carbons (Fsp3) is 0.125. The molecule has 1 N–H and O–H groups in total. The highest BCUT2D eigenvalue weighted by Crippen LogP contribution is 2.25. The molecule has 2 heterocycles. The number of aromatic nitrogens is 3. The molecule has 0 amide bonds. The van der Waals surface area contributed by atoms with E-state index in [4.69, 9.17) is 4.74 Å². The van der Waals surface area contributed by atoms with E-state index in [1.54, 1.807) is 6.20 Å². The number of hydrogen-bond donors (Lipinski definition) is 1. The van der Waals surface area contributed by atoms with Crippen molar-refractivity contribution in [1.82, 2.24) is 15.2 Å². The van der Waals surface area contributed by atoms with E-state index >= 15 is 0 Å². The summed E-state index contributed by atoms with van der Waals surface area (Å²) in [5.41, 5.74) is 3.62. The van der Waals surface area contributed by atoms with E-state index in [2.05, 4.69) is 49.7 Å². The van der Waals surface area contributed by atoms with Crippen LogP contribution in [0.2, 0.25) is 0 Å². The molecule has 5 rings (SSSR count). The number of nitrogens with one attached hydrogen (secondary N) is 1. The largest absolute Gasteiger partial charge is 0.457 e. The second-order valence-corrected chi connectivity index (χ2v) is 7.14. The first-order chi connectivity index (χ1) is 14.8. The molecule has 1 aliphatic rings. The van der Waals surface area contributed by atoms with Crippen LogP contribution in [0.15, 0.2) is 85.1 Å². The van der Waals surface area contributed by atoms with E-state index in [9.17, 15) is 0 Å². The van der Waals surface area contributed by atoms with Crippen molar-refractivity contribution in [1.29, 1.82) is 0 Å². The van der Waals surface area contributed by atoms with Crippen LogP contribution in [0.4, 0.5) is 17.5 Å². The van der Waals surface area contributed by atoms with Crippen molar-refractivity contribution >= 4 is 17.5 Å². The Bertz CT molecular complexity index is 1130. The zero-order chi connectivity index (χ0) is 20.2. The topological polar surface area (TPSA) is 63.2 Å². The summed E-state index contributed by atoms with van der Waals surface area (Å²) in [4.78, 5) is 6.90. The van der Waals surface area contributed by atoms with Crippen LogP contribution in [0.25, 0.3) is 0 Å². The van der Waals surface area contributed by atoms with Gasteiger partial charge in [-0.1, -0.05) is 42.5 Å². The molecule has 148 valence electrons. The van der Waals surface area contributed by atoms with Crippen LogP contribution < -0.4 is 15.0 Å². The zero-order valence-electron chi connectivity index (χ0n) is 16.4. The Labute approximate surface area is 175 Å². The summed E-state index contributed by atoms with van der Waals surface area (Å²) < 4.78 is 5.83. The zero-order valence-corrected chi connectivity index (χ0v) is 16.4. The minimum absolute atomic E-state index is 0.475. The number of anilines is 3. The first kappa shape index (κ1) is 18.1. The van der Waals surface area contributed by atoms with Crippen molar-refractivity contribution in [2.24, 2.45) is 0 Å². The van der Waals surface area contributed by atoms with Gasteiger partial charge in [0.05, 0.1) is 6.20 Å². The fourth-order valence-electron chi connectivity index (χ4n) is 3.55. The number of nitrogens with zero attached hydrogens (tertiary/aromatic N) is 4. The van der Waals surface area contributed by atoms with Crippen LogP contribution in [0, 0.1) is 0 Å². The molecule has 0 atom stereocenters. The number of para-hydroxylation sites is 1. The van der Waals surface area contributed by atoms with Gasteiger partial charge in [-0.15, -0.1) is 5.10 Å². The monoisotopic (exact) mass is 395 g/mol. The molecule has 0 bridgehead atoms. The maximum absolute atomic E-state index is 5.83. The van der Waals surface area contributed by atoms with Gasteiger partial charge in [-0.25, -0.2) is 0 Å². The van der Waals surface area contributed by atoms with E-state index in [-0.39, 0.29) is 0 Å². The minimum Gasteiger partial charge on any atom is -0.457 e. The summed E-state index contributed by atoms with van der Waals surface area (Å²) in [5, 5.41) is 11.5. The third kappa shape index (κ3) is 4.07. The number of hydrogen-bond acceptors (Lipinski definition) is 6. The number of benzene rings is 3. The molecule has 0 radical (unpaired) electrons. The van der Waals surface area contributed by atoms with E-state index in [0.29, 0.717) is 5.95 Å². The van der Waals surface area contributed by atoms with Crippen molar-refractivity contribution in [3.05, 3.63) is 96.2 Å². The maximum atomic E-state index is 5.83. The molecule has 6 heteroatoms. The van der Waals surface area contributed by atoms with Gasteiger partial charge in [0.1, 0.15) is 11.5 Å². The summed E-state index contributed by atoms with van der Waals surface area (Å²) in [6, 6.07) is 26.0. The summed E-state index contributed by atoms with van der Waals surface area (Å²) in [6.45, 7) is 1.75. The van der Waals surface area contributed by atoms with E-state index < -0.39 is 0 Å². The molecule has 0 fully saturated rings. The van der Waals surface area contributed by atoms with Crippen LogP contribution in [0.3, 0.4) is 0 Å². The van der Waals surface area contributed by atoms with Gasteiger partial charge in [-0.3, -0.25) is 0 Å². The van der Waals surface area contributed by atoms with Gasteiger partial charge in [0.2, 0.25) is 5.95 Å². The van der Waals surface area contributed by atoms with Gasteiger partial charge in [0.15, 0.2) is 5.82 Å². The normalized spacial score (nSPS) is 12.9. The molecule has 6 nitrogen and oxygen atoms in total. The van der Waals surface area contributed by atoms with Crippen molar-refractivity contribution < 1.29 is 4.74 Å². The first-order valence-corrected chi connectivity index (χ1v) is 9.95. The molecule has 1 aromatic heterocycles. The maximum Gasteiger partial charge on any atom is 0.249 e. The van der Waals surface area contributed by atoms with Gasteiger partial charge < -0.3 is 15.0 Å². The van der Waals surface area contributed by atoms with Crippen molar-refractivity contribution in [2.45, 2.75) is 13.0 Å². The van der Waals surface area contributed by atoms with E-state index in [1.807, 2.05) is 54.6 Å². The van der Waals surface area contributed by atoms with Gasteiger partial charge >= 0.3 is 0 Å². The van der Waals surface area contributed by atoms with E-state index in [0.717, 1.165) is 42.5 Å². The van der Waals surface area contributed by atoms with Crippen LogP contribution >= 0.6 is 0 Å². The highest BCUT2D eigenvalue weighted by atomic mass is 16.5.